The number of carbonyl (C=O) groups excluding carboxylic acids is 1. The molecule has 1 amide bonds. The Morgan fingerprint density at radius 1 is 1.14 bits per heavy atom. The first kappa shape index (κ1) is 17.5. The maximum atomic E-state index is 12.6. The Bertz CT molecular complexity index is 1170. The number of nitrogens with zero attached hydrogens (tertiary/aromatic N) is 6. The standard InChI is InChI=1S/C19H17N7O2/c1-13(26-19(28)16-4-2-3-5-17(16)23-24-26)18(27)22-15-8-6-14(7-9-15)10-25-12-20-11-21-25/h2-9,11-13H,10H2,1H3,(H,22,27)/t13-/m0/s1. The third kappa shape index (κ3) is 3.50. The summed E-state index contributed by atoms with van der Waals surface area (Å²) in [5.41, 5.74) is 1.80. The van der Waals surface area contributed by atoms with Crippen molar-refractivity contribution in [2.75, 3.05) is 5.32 Å². The minimum absolute atomic E-state index is 0.351. The average molecular weight is 375 g/mol. The van der Waals surface area contributed by atoms with Crippen molar-refractivity contribution in [1.29, 1.82) is 0 Å². The van der Waals surface area contributed by atoms with Gasteiger partial charge in [-0.2, -0.15) is 9.78 Å². The smallest absolute Gasteiger partial charge is 0.278 e. The van der Waals surface area contributed by atoms with Crippen LogP contribution in [0.4, 0.5) is 5.69 Å². The van der Waals surface area contributed by atoms with Gasteiger partial charge in [-0.3, -0.25) is 9.59 Å². The number of rotatable bonds is 5. The molecule has 1 atom stereocenters. The summed E-state index contributed by atoms with van der Waals surface area (Å²) < 4.78 is 2.80. The van der Waals surface area contributed by atoms with Gasteiger partial charge in [0.15, 0.2) is 0 Å². The van der Waals surface area contributed by atoms with Crippen molar-refractivity contribution in [3.05, 3.63) is 77.1 Å². The van der Waals surface area contributed by atoms with Gasteiger partial charge in [-0.25, -0.2) is 9.67 Å². The molecule has 4 rings (SSSR count). The van der Waals surface area contributed by atoms with Crippen molar-refractivity contribution in [2.24, 2.45) is 0 Å². The highest BCUT2D eigenvalue weighted by Crippen LogP contribution is 2.13. The number of hydrogen-bond donors (Lipinski definition) is 1. The zero-order valence-electron chi connectivity index (χ0n) is 15.1. The molecule has 0 saturated heterocycles. The number of fused-ring (bicyclic) bond motifs is 1. The summed E-state index contributed by atoms with van der Waals surface area (Å²) >= 11 is 0. The number of anilines is 1. The van der Waals surface area contributed by atoms with Gasteiger partial charge in [0.05, 0.1) is 11.9 Å². The van der Waals surface area contributed by atoms with Gasteiger partial charge in [-0.1, -0.05) is 29.5 Å². The van der Waals surface area contributed by atoms with E-state index in [1.807, 2.05) is 12.1 Å². The zero-order valence-corrected chi connectivity index (χ0v) is 15.1. The normalized spacial score (nSPS) is 12.0. The van der Waals surface area contributed by atoms with E-state index in [2.05, 4.69) is 25.7 Å². The van der Waals surface area contributed by atoms with Gasteiger partial charge in [-0.05, 0) is 36.8 Å². The topological polar surface area (TPSA) is 108 Å². The lowest BCUT2D eigenvalue weighted by Gasteiger charge is -2.14. The molecule has 28 heavy (non-hydrogen) atoms. The first-order chi connectivity index (χ1) is 13.6. The van der Waals surface area contributed by atoms with Crippen LogP contribution >= 0.6 is 0 Å². The summed E-state index contributed by atoms with van der Waals surface area (Å²) in [6.45, 7) is 2.20. The number of hydrogen-bond acceptors (Lipinski definition) is 6. The first-order valence-corrected chi connectivity index (χ1v) is 8.68. The fourth-order valence-corrected chi connectivity index (χ4v) is 2.81. The summed E-state index contributed by atoms with van der Waals surface area (Å²) in [5, 5.41) is 15.2. The zero-order chi connectivity index (χ0) is 19.5. The van der Waals surface area contributed by atoms with Gasteiger partial charge in [0.25, 0.3) is 5.56 Å². The summed E-state index contributed by atoms with van der Waals surface area (Å²) in [5.74, 6) is -0.351. The Kier molecular flexibility index (Phi) is 4.63. The second-order valence-corrected chi connectivity index (χ2v) is 6.31. The average Bonchev–Trinajstić information content (AvgIpc) is 3.22. The minimum atomic E-state index is -0.806. The molecule has 0 fully saturated rings. The maximum absolute atomic E-state index is 12.6. The van der Waals surface area contributed by atoms with Crippen LogP contribution < -0.4 is 10.9 Å². The van der Waals surface area contributed by atoms with Crippen LogP contribution in [0.25, 0.3) is 10.9 Å². The predicted molar refractivity (Wildman–Crippen MR) is 103 cm³/mol. The molecule has 2 heterocycles. The maximum Gasteiger partial charge on any atom is 0.278 e. The van der Waals surface area contributed by atoms with E-state index >= 15 is 0 Å². The van der Waals surface area contributed by atoms with E-state index in [1.165, 1.54) is 6.33 Å². The lowest BCUT2D eigenvalue weighted by atomic mass is 10.2. The van der Waals surface area contributed by atoms with Gasteiger partial charge in [0.1, 0.15) is 24.2 Å². The van der Waals surface area contributed by atoms with Crippen LogP contribution in [0.5, 0.6) is 0 Å². The largest absolute Gasteiger partial charge is 0.324 e. The van der Waals surface area contributed by atoms with Crippen molar-refractivity contribution in [1.82, 2.24) is 29.8 Å². The second-order valence-electron chi connectivity index (χ2n) is 6.31. The van der Waals surface area contributed by atoms with Crippen molar-refractivity contribution < 1.29 is 4.79 Å². The molecule has 0 aliphatic rings. The van der Waals surface area contributed by atoms with Gasteiger partial charge in [-0.15, -0.1) is 5.10 Å². The molecular weight excluding hydrogens is 358 g/mol. The lowest BCUT2D eigenvalue weighted by Crippen LogP contribution is -2.34. The number of nitrogens with one attached hydrogen (secondary N) is 1. The molecule has 0 bridgehead atoms. The molecule has 0 radical (unpaired) electrons. The van der Waals surface area contributed by atoms with Crippen molar-refractivity contribution in [2.45, 2.75) is 19.5 Å². The Morgan fingerprint density at radius 3 is 2.68 bits per heavy atom. The molecule has 1 N–H and O–H groups in total. The summed E-state index contributed by atoms with van der Waals surface area (Å²) in [6.07, 6.45) is 3.12. The van der Waals surface area contributed by atoms with E-state index in [-0.39, 0.29) is 11.5 Å². The van der Waals surface area contributed by atoms with Crippen LogP contribution in [0.3, 0.4) is 0 Å². The third-order valence-electron chi connectivity index (χ3n) is 4.37. The lowest BCUT2D eigenvalue weighted by molar-refractivity contribution is -0.119. The van der Waals surface area contributed by atoms with E-state index in [0.717, 1.165) is 10.2 Å². The molecule has 2 aromatic heterocycles. The first-order valence-electron chi connectivity index (χ1n) is 8.68. The van der Waals surface area contributed by atoms with E-state index in [0.29, 0.717) is 23.1 Å². The number of benzene rings is 2. The van der Waals surface area contributed by atoms with E-state index in [4.69, 9.17) is 0 Å². The number of amides is 1. The molecule has 0 saturated carbocycles. The predicted octanol–water partition coefficient (Wildman–Crippen LogP) is 1.63. The number of carbonyl (C=O) groups is 1. The Balaban J connectivity index is 1.49. The monoisotopic (exact) mass is 375 g/mol. The fraction of sp³-hybridized carbons (Fsp3) is 0.158. The minimum Gasteiger partial charge on any atom is -0.324 e. The van der Waals surface area contributed by atoms with E-state index in [9.17, 15) is 9.59 Å². The van der Waals surface area contributed by atoms with Crippen molar-refractivity contribution in [3.8, 4) is 0 Å². The molecule has 0 spiro atoms. The quantitative estimate of drug-likeness (QED) is 0.568. The Morgan fingerprint density at radius 2 is 1.93 bits per heavy atom. The van der Waals surface area contributed by atoms with Crippen LogP contribution in [-0.4, -0.2) is 35.7 Å². The molecule has 140 valence electrons. The molecule has 0 aliphatic heterocycles. The SMILES string of the molecule is C[C@@H](C(=O)Nc1ccc(Cn2cncn2)cc1)n1nnc2ccccc2c1=O. The Labute approximate surface area is 159 Å². The molecule has 4 aromatic rings. The van der Waals surface area contributed by atoms with Crippen LogP contribution in [0.15, 0.2) is 66.0 Å². The summed E-state index contributed by atoms with van der Waals surface area (Å²) in [4.78, 5) is 29.1. The van der Waals surface area contributed by atoms with Crippen molar-refractivity contribution >= 4 is 22.5 Å². The third-order valence-corrected chi connectivity index (χ3v) is 4.37. The van der Waals surface area contributed by atoms with Crippen LogP contribution in [0, 0.1) is 0 Å². The van der Waals surface area contributed by atoms with Crippen LogP contribution in [0.2, 0.25) is 0 Å². The molecule has 0 aliphatic carbocycles. The number of aromatic nitrogens is 6. The molecule has 0 unspecified atom stereocenters. The van der Waals surface area contributed by atoms with Gasteiger partial charge >= 0.3 is 0 Å². The summed E-state index contributed by atoms with van der Waals surface area (Å²) in [7, 11) is 0. The van der Waals surface area contributed by atoms with E-state index in [1.54, 1.807) is 54.3 Å². The van der Waals surface area contributed by atoms with E-state index < -0.39 is 6.04 Å². The Hall–Kier alpha value is -3.88. The van der Waals surface area contributed by atoms with Crippen LogP contribution in [0.1, 0.15) is 18.5 Å². The molecule has 9 heteroatoms. The highest BCUT2D eigenvalue weighted by atomic mass is 16.2. The van der Waals surface area contributed by atoms with Gasteiger partial charge in [0.2, 0.25) is 5.91 Å². The second kappa shape index (κ2) is 7.39. The van der Waals surface area contributed by atoms with Gasteiger partial charge < -0.3 is 5.32 Å². The molecule has 2 aromatic carbocycles. The van der Waals surface area contributed by atoms with Crippen LogP contribution in [-0.2, 0) is 11.3 Å². The van der Waals surface area contributed by atoms with Crippen molar-refractivity contribution in [3.63, 3.8) is 0 Å². The molecular formula is C19H17N7O2. The highest BCUT2D eigenvalue weighted by Gasteiger charge is 2.19. The van der Waals surface area contributed by atoms with Gasteiger partial charge in [0, 0.05) is 5.69 Å². The highest BCUT2D eigenvalue weighted by molar-refractivity contribution is 5.93. The summed E-state index contributed by atoms with van der Waals surface area (Å²) in [6, 6.07) is 13.5. The fourth-order valence-electron chi connectivity index (χ4n) is 2.81. The molecule has 9 nitrogen and oxygen atoms in total.